The van der Waals surface area contributed by atoms with Gasteiger partial charge in [-0.3, -0.25) is 4.79 Å². The number of hydrogen-bond acceptors (Lipinski definition) is 5. The van der Waals surface area contributed by atoms with Gasteiger partial charge < -0.3 is 5.43 Å². The number of piperidine rings is 1. The van der Waals surface area contributed by atoms with Gasteiger partial charge in [0.05, 0.1) is 5.56 Å². The molecule has 1 aliphatic rings. The molecule has 0 radical (unpaired) electrons. The van der Waals surface area contributed by atoms with E-state index in [0.29, 0.717) is 35.6 Å². The first kappa shape index (κ1) is 14.2. The molecule has 0 saturated carbocycles. The highest BCUT2D eigenvalue weighted by Gasteiger charge is 2.26. The van der Waals surface area contributed by atoms with Crippen LogP contribution in [0.5, 0.6) is 0 Å². The largest absolute Gasteiger partial charge is 0.302 e. The molecule has 0 amide bonds. The average molecular weight is 283 g/mol. The third kappa shape index (κ3) is 3.04. The van der Waals surface area contributed by atoms with E-state index in [1.807, 2.05) is 0 Å². The first-order valence-corrected chi connectivity index (χ1v) is 6.95. The highest BCUT2D eigenvalue weighted by molar-refractivity contribution is 6.32. The number of aromatic nitrogens is 2. The molecule has 1 aromatic heterocycles. The van der Waals surface area contributed by atoms with Crippen LogP contribution in [-0.2, 0) is 0 Å². The molecule has 2 heterocycles. The molecule has 1 aromatic rings. The van der Waals surface area contributed by atoms with Gasteiger partial charge in [0.25, 0.3) is 0 Å². The Labute approximate surface area is 118 Å². The van der Waals surface area contributed by atoms with Crippen molar-refractivity contribution in [2.45, 2.75) is 52.1 Å². The molecule has 6 heteroatoms. The van der Waals surface area contributed by atoms with Crippen LogP contribution in [0.1, 0.15) is 49.3 Å². The average Bonchev–Trinajstić information content (AvgIpc) is 2.33. The monoisotopic (exact) mass is 282 g/mol. The summed E-state index contributed by atoms with van der Waals surface area (Å²) in [4.78, 5) is 19.4. The van der Waals surface area contributed by atoms with Gasteiger partial charge in [-0.25, -0.2) is 15.0 Å². The fraction of sp³-hybridized carbons (Fsp3) is 0.615. The normalized spacial score (nSPS) is 24.2. The van der Waals surface area contributed by atoms with Crippen LogP contribution in [0.2, 0.25) is 5.15 Å². The number of nitrogens with one attached hydrogen (secondary N) is 1. The summed E-state index contributed by atoms with van der Waals surface area (Å²) in [5.41, 5.74) is 3.56. The number of halogens is 1. The lowest BCUT2D eigenvalue weighted by atomic mass is 10.00. The maximum Gasteiger partial charge on any atom is 0.156 e. The Kier molecular flexibility index (Phi) is 4.37. The number of carbonyl (C=O) groups is 1. The van der Waals surface area contributed by atoms with E-state index in [4.69, 9.17) is 11.6 Å². The summed E-state index contributed by atoms with van der Waals surface area (Å²) < 4.78 is 0. The van der Waals surface area contributed by atoms with Gasteiger partial charge >= 0.3 is 0 Å². The highest BCUT2D eigenvalue weighted by Crippen LogP contribution is 2.25. The van der Waals surface area contributed by atoms with Crippen molar-refractivity contribution >= 4 is 23.7 Å². The van der Waals surface area contributed by atoms with Crippen molar-refractivity contribution in [2.75, 3.05) is 5.43 Å². The summed E-state index contributed by atoms with van der Waals surface area (Å²) in [6, 6.07) is 0.801. The minimum Gasteiger partial charge on any atom is -0.302 e. The van der Waals surface area contributed by atoms with Crippen LogP contribution < -0.4 is 5.43 Å². The first-order chi connectivity index (χ1) is 9.02. The summed E-state index contributed by atoms with van der Waals surface area (Å²) in [6.07, 6.45) is 4.19. The molecule has 0 aromatic carbocycles. The molecule has 2 atom stereocenters. The van der Waals surface area contributed by atoms with Crippen molar-refractivity contribution in [1.29, 1.82) is 0 Å². The van der Waals surface area contributed by atoms with E-state index in [9.17, 15) is 4.79 Å². The lowest BCUT2D eigenvalue weighted by Crippen LogP contribution is -2.47. The number of anilines is 1. The molecule has 0 spiro atoms. The molecule has 104 valence electrons. The van der Waals surface area contributed by atoms with Crippen molar-refractivity contribution < 1.29 is 4.79 Å². The van der Waals surface area contributed by atoms with E-state index in [1.165, 1.54) is 6.42 Å². The Morgan fingerprint density at radius 1 is 1.32 bits per heavy atom. The fourth-order valence-corrected chi connectivity index (χ4v) is 2.76. The molecular formula is C13H19ClN4O. The Hall–Kier alpha value is -1.20. The van der Waals surface area contributed by atoms with Crippen molar-refractivity contribution in [3.8, 4) is 0 Å². The van der Waals surface area contributed by atoms with Crippen molar-refractivity contribution in [3.05, 3.63) is 16.5 Å². The second-order valence-electron chi connectivity index (χ2n) is 5.09. The molecular weight excluding hydrogens is 264 g/mol. The van der Waals surface area contributed by atoms with Gasteiger partial charge in [-0.2, -0.15) is 0 Å². The zero-order valence-corrected chi connectivity index (χ0v) is 12.2. The predicted octanol–water partition coefficient (Wildman–Crippen LogP) is 2.84. The lowest BCUT2D eigenvalue weighted by molar-refractivity contribution is 0.111. The van der Waals surface area contributed by atoms with Crippen molar-refractivity contribution in [3.63, 3.8) is 0 Å². The fourth-order valence-electron chi connectivity index (χ4n) is 2.50. The lowest BCUT2D eigenvalue weighted by Gasteiger charge is -2.39. The molecule has 0 aliphatic carbocycles. The summed E-state index contributed by atoms with van der Waals surface area (Å²) in [7, 11) is 0. The Morgan fingerprint density at radius 2 is 1.95 bits per heavy atom. The van der Waals surface area contributed by atoms with Crippen LogP contribution in [0.3, 0.4) is 0 Å². The number of hydrogen-bond donors (Lipinski definition) is 1. The quantitative estimate of drug-likeness (QED) is 0.682. The van der Waals surface area contributed by atoms with Crippen LogP contribution >= 0.6 is 11.6 Å². The van der Waals surface area contributed by atoms with Crippen LogP contribution in [0.4, 0.5) is 5.82 Å². The molecule has 1 N–H and O–H groups in total. The Morgan fingerprint density at radius 3 is 2.53 bits per heavy atom. The highest BCUT2D eigenvalue weighted by atomic mass is 35.5. The number of aldehydes is 1. The van der Waals surface area contributed by atoms with Crippen LogP contribution in [0, 0.1) is 6.92 Å². The van der Waals surface area contributed by atoms with Gasteiger partial charge in [-0.1, -0.05) is 18.0 Å². The third-order valence-corrected chi connectivity index (χ3v) is 3.85. The predicted molar refractivity (Wildman–Crippen MR) is 75.4 cm³/mol. The van der Waals surface area contributed by atoms with Crippen LogP contribution in [0.25, 0.3) is 0 Å². The molecule has 19 heavy (non-hydrogen) atoms. The third-order valence-electron chi connectivity index (χ3n) is 3.56. The zero-order valence-electron chi connectivity index (χ0n) is 11.5. The number of rotatable bonds is 3. The topological polar surface area (TPSA) is 58.1 Å². The summed E-state index contributed by atoms with van der Waals surface area (Å²) >= 11 is 5.98. The minimum absolute atomic E-state index is 0.197. The molecule has 0 bridgehead atoms. The molecule has 2 rings (SSSR count). The molecule has 1 aliphatic heterocycles. The number of carbonyl (C=O) groups excluding carboxylic acids is 1. The van der Waals surface area contributed by atoms with E-state index in [1.54, 1.807) is 6.92 Å². The standard InChI is InChI=1S/C13H19ClN4O/c1-8-5-4-6-9(2)18(8)17-13-11(7-19)12(14)15-10(3)16-13/h7-9H,4-6H2,1-3H3,(H,15,16,17). The van der Waals surface area contributed by atoms with E-state index >= 15 is 0 Å². The van der Waals surface area contributed by atoms with Gasteiger partial charge in [0, 0.05) is 12.1 Å². The van der Waals surface area contributed by atoms with E-state index in [-0.39, 0.29) is 5.15 Å². The van der Waals surface area contributed by atoms with E-state index in [0.717, 1.165) is 12.8 Å². The van der Waals surface area contributed by atoms with Gasteiger partial charge in [0.1, 0.15) is 11.0 Å². The zero-order chi connectivity index (χ0) is 14.0. The maximum absolute atomic E-state index is 11.1. The van der Waals surface area contributed by atoms with Crippen molar-refractivity contribution in [2.24, 2.45) is 0 Å². The van der Waals surface area contributed by atoms with E-state index in [2.05, 4.69) is 34.3 Å². The summed E-state index contributed by atoms with van der Waals surface area (Å²) in [5, 5.41) is 2.34. The Bertz CT molecular complexity index is 470. The van der Waals surface area contributed by atoms with Crippen LogP contribution in [-0.4, -0.2) is 33.3 Å². The van der Waals surface area contributed by atoms with Crippen LogP contribution in [0.15, 0.2) is 0 Å². The minimum atomic E-state index is 0.197. The smallest absolute Gasteiger partial charge is 0.156 e. The number of aryl methyl sites for hydroxylation is 1. The summed E-state index contributed by atoms with van der Waals surface area (Å²) in [6.45, 7) is 6.09. The number of hydrazine groups is 1. The van der Waals surface area contributed by atoms with Gasteiger partial charge in [0.15, 0.2) is 12.1 Å². The maximum atomic E-state index is 11.1. The SMILES string of the molecule is Cc1nc(Cl)c(C=O)c(NN2C(C)CCCC2C)n1. The van der Waals surface area contributed by atoms with Gasteiger partial charge in [-0.05, 0) is 33.6 Å². The van der Waals surface area contributed by atoms with E-state index < -0.39 is 0 Å². The molecule has 5 nitrogen and oxygen atoms in total. The first-order valence-electron chi connectivity index (χ1n) is 6.57. The van der Waals surface area contributed by atoms with Gasteiger partial charge in [0.2, 0.25) is 0 Å². The molecule has 1 saturated heterocycles. The molecule has 1 fully saturated rings. The number of nitrogens with zero attached hydrogens (tertiary/aromatic N) is 3. The second kappa shape index (κ2) is 5.84. The van der Waals surface area contributed by atoms with Crippen molar-refractivity contribution in [1.82, 2.24) is 15.0 Å². The van der Waals surface area contributed by atoms with Gasteiger partial charge in [-0.15, -0.1) is 0 Å². The Balaban J connectivity index is 2.29. The second-order valence-corrected chi connectivity index (χ2v) is 5.45. The molecule has 2 unspecified atom stereocenters. The summed E-state index contributed by atoms with van der Waals surface area (Å²) in [5.74, 6) is 1.04.